The van der Waals surface area contributed by atoms with Gasteiger partial charge in [-0.05, 0) is 42.3 Å². The van der Waals surface area contributed by atoms with Gasteiger partial charge in [0, 0.05) is 0 Å². The molecule has 0 unspecified atom stereocenters. The molecule has 4 nitrogen and oxygen atoms in total. The average Bonchev–Trinajstić information content (AvgIpc) is 3.11. The van der Waals surface area contributed by atoms with Gasteiger partial charge < -0.3 is 9.72 Å². The maximum Gasteiger partial charge on any atom is 0.149 e. The Bertz CT molecular complexity index is 883. The van der Waals surface area contributed by atoms with E-state index in [-0.39, 0.29) is 0 Å². The number of rotatable bonds is 8. The van der Waals surface area contributed by atoms with Gasteiger partial charge in [0.05, 0.1) is 23.2 Å². The van der Waals surface area contributed by atoms with Gasteiger partial charge in [-0.25, -0.2) is 4.98 Å². The average molecular weight is 345 g/mol. The van der Waals surface area contributed by atoms with E-state index in [0.29, 0.717) is 11.4 Å². The van der Waals surface area contributed by atoms with Gasteiger partial charge in [-0.2, -0.15) is 5.26 Å². The lowest BCUT2D eigenvalue weighted by Gasteiger charge is -2.06. The van der Waals surface area contributed by atoms with E-state index in [1.54, 1.807) is 0 Å². The molecule has 2 aromatic carbocycles. The second kappa shape index (κ2) is 8.87. The Morgan fingerprint density at radius 1 is 1.12 bits per heavy atom. The number of hydrogen-bond donors (Lipinski definition) is 1. The lowest BCUT2D eigenvalue weighted by atomic mass is 10.1. The summed E-state index contributed by atoms with van der Waals surface area (Å²) in [6.45, 7) is 2.95. The molecule has 0 spiro atoms. The van der Waals surface area contributed by atoms with Crippen molar-refractivity contribution in [3.05, 3.63) is 59.9 Å². The van der Waals surface area contributed by atoms with Gasteiger partial charge in [0.2, 0.25) is 0 Å². The second-order valence-corrected chi connectivity index (χ2v) is 6.25. The van der Waals surface area contributed by atoms with E-state index < -0.39 is 0 Å². The number of para-hydroxylation sites is 2. The van der Waals surface area contributed by atoms with Gasteiger partial charge in [0.25, 0.3) is 0 Å². The maximum absolute atomic E-state index is 9.50. The van der Waals surface area contributed by atoms with Gasteiger partial charge >= 0.3 is 0 Å². The molecule has 1 aromatic heterocycles. The molecule has 0 radical (unpaired) electrons. The maximum atomic E-state index is 9.50. The molecule has 0 aliphatic heterocycles. The molecule has 0 aliphatic rings. The third kappa shape index (κ3) is 4.52. The fraction of sp³-hybridized carbons (Fsp3) is 0.273. The van der Waals surface area contributed by atoms with Crippen LogP contribution in [0.1, 0.15) is 44.0 Å². The number of fused-ring (bicyclic) bond motifs is 1. The van der Waals surface area contributed by atoms with E-state index >= 15 is 0 Å². The second-order valence-electron chi connectivity index (χ2n) is 6.25. The molecule has 0 fully saturated rings. The van der Waals surface area contributed by atoms with Crippen molar-refractivity contribution in [3.63, 3.8) is 0 Å². The quantitative estimate of drug-likeness (QED) is 0.428. The molecule has 132 valence electrons. The number of allylic oxidation sites excluding steroid dienone is 1. The van der Waals surface area contributed by atoms with Gasteiger partial charge in [-0.15, -0.1) is 0 Å². The zero-order chi connectivity index (χ0) is 18.2. The fourth-order valence-corrected chi connectivity index (χ4v) is 2.78. The van der Waals surface area contributed by atoms with Crippen molar-refractivity contribution in [3.8, 4) is 11.8 Å². The van der Waals surface area contributed by atoms with Crippen molar-refractivity contribution in [1.82, 2.24) is 9.97 Å². The number of hydrogen-bond acceptors (Lipinski definition) is 3. The predicted octanol–water partition coefficient (Wildman–Crippen LogP) is 5.59. The van der Waals surface area contributed by atoms with Crippen LogP contribution in [0.4, 0.5) is 0 Å². The summed E-state index contributed by atoms with van der Waals surface area (Å²) in [4.78, 5) is 7.69. The van der Waals surface area contributed by atoms with Crippen LogP contribution in [0.5, 0.6) is 5.75 Å². The van der Waals surface area contributed by atoms with Crippen LogP contribution >= 0.6 is 0 Å². The first kappa shape index (κ1) is 17.8. The highest BCUT2D eigenvalue weighted by Crippen LogP contribution is 2.20. The van der Waals surface area contributed by atoms with Crippen LogP contribution in [0.2, 0.25) is 0 Å². The van der Waals surface area contributed by atoms with E-state index in [1.807, 2.05) is 54.6 Å². The first-order chi connectivity index (χ1) is 12.8. The highest BCUT2D eigenvalue weighted by atomic mass is 16.5. The van der Waals surface area contributed by atoms with Crippen molar-refractivity contribution >= 4 is 22.7 Å². The highest BCUT2D eigenvalue weighted by Gasteiger charge is 2.07. The van der Waals surface area contributed by atoms with Gasteiger partial charge in [-0.3, -0.25) is 0 Å². The molecule has 1 heterocycles. The van der Waals surface area contributed by atoms with E-state index in [1.165, 1.54) is 19.3 Å². The molecule has 0 saturated heterocycles. The number of H-pyrrole nitrogens is 1. The third-order valence-electron chi connectivity index (χ3n) is 4.22. The standard InChI is InChI=1S/C22H23N3O/c1-2-3-4-7-14-26-19-12-10-17(11-13-19)15-18(16-23)22-24-20-8-5-6-9-21(20)25-22/h5-6,8-13,15H,2-4,7,14H2,1H3,(H,24,25)/b18-15+. The van der Waals surface area contributed by atoms with Gasteiger partial charge in [0.15, 0.2) is 0 Å². The molecule has 1 N–H and O–H groups in total. The van der Waals surface area contributed by atoms with E-state index in [2.05, 4.69) is 23.0 Å². The van der Waals surface area contributed by atoms with Crippen LogP contribution in [0.25, 0.3) is 22.7 Å². The van der Waals surface area contributed by atoms with Crippen LogP contribution in [0, 0.1) is 11.3 Å². The number of nitrogens with one attached hydrogen (secondary N) is 1. The molecule has 0 amide bonds. The van der Waals surface area contributed by atoms with Crippen LogP contribution in [0.3, 0.4) is 0 Å². The van der Waals surface area contributed by atoms with Crippen molar-refractivity contribution < 1.29 is 4.74 Å². The predicted molar refractivity (Wildman–Crippen MR) is 106 cm³/mol. The minimum atomic E-state index is 0.509. The van der Waals surface area contributed by atoms with Crippen molar-refractivity contribution in [2.24, 2.45) is 0 Å². The third-order valence-corrected chi connectivity index (χ3v) is 4.22. The number of imidazole rings is 1. The summed E-state index contributed by atoms with van der Waals surface area (Å²) in [6.07, 6.45) is 6.61. The van der Waals surface area contributed by atoms with Crippen LogP contribution < -0.4 is 4.74 Å². The number of unbranched alkanes of at least 4 members (excludes halogenated alkanes) is 3. The molecule has 3 rings (SSSR count). The number of nitrogens with zero attached hydrogens (tertiary/aromatic N) is 2. The number of ether oxygens (including phenoxy) is 1. The number of benzene rings is 2. The largest absolute Gasteiger partial charge is 0.494 e. The zero-order valence-electron chi connectivity index (χ0n) is 15.0. The fourth-order valence-electron chi connectivity index (χ4n) is 2.78. The summed E-state index contributed by atoms with van der Waals surface area (Å²) in [7, 11) is 0. The number of aromatic nitrogens is 2. The number of nitriles is 1. The first-order valence-corrected chi connectivity index (χ1v) is 9.10. The molecule has 0 aliphatic carbocycles. The van der Waals surface area contributed by atoms with Crippen molar-refractivity contribution in [2.75, 3.05) is 6.61 Å². The highest BCUT2D eigenvalue weighted by molar-refractivity contribution is 5.90. The minimum absolute atomic E-state index is 0.509. The summed E-state index contributed by atoms with van der Waals surface area (Å²) in [5.41, 5.74) is 3.24. The van der Waals surface area contributed by atoms with E-state index in [4.69, 9.17) is 4.74 Å². The Morgan fingerprint density at radius 2 is 1.92 bits per heavy atom. The summed E-state index contributed by atoms with van der Waals surface area (Å²) < 4.78 is 5.76. The monoisotopic (exact) mass is 345 g/mol. The molecule has 3 aromatic rings. The zero-order valence-corrected chi connectivity index (χ0v) is 15.0. The number of aromatic amines is 1. The minimum Gasteiger partial charge on any atom is -0.494 e. The van der Waals surface area contributed by atoms with E-state index in [0.717, 1.165) is 35.4 Å². The normalized spacial score (nSPS) is 11.5. The summed E-state index contributed by atoms with van der Waals surface area (Å²) in [5, 5.41) is 9.50. The van der Waals surface area contributed by atoms with Gasteiger partial charge in [0.1, 0.15) is 17.6 Å². The molecule has 0 bridgehead atoms. The van der Waals surface area contributed by atoms with E-state index in [9.17, 15) is 5.26 Å². The lowest BCUT2D eigenvalue weighted by Crippen LogP contribution is -1.97. The molecule has 0 atom stereocenters. The first-order valence-electron chi connectivity index (χ1n) is 9.10. The Hall–Kier alpha value is -3.06. The van der Waals surface area contributed by atoms with Crippen LogP contribution in [-0.4, -0.2) is 16.6 Å². The summed E-state index contributed by atoms with van der Waals surface area (Å²) in [5.74, 6) is 1.45. The molecule has 4 heteroatoms. The van der Waals surface area contributed by atoms with Crippen LogP contribution in [-0.2, 0) is 0 Å². The molecule has 0 saturated carbocycles. The lowest BCUT2D eigenvalue weighted by molar-refractivity contribution is 0.305. The Morgan fingerprint density at radius 3 is 2.65 bits per heavy atom. The Balaban J connectivity index is 1.68. The molecular weight excluding hydrogens is 322 g/mol. The molecular formula is C22H23N3O. The smallest absolute Gasteiger partial charge is 0.149 e. The summed E-state index contributed by atoms with van der Waals surface area (Å²) in [6, 6.07) is 17.8. The van der Waals surface area contributed by atoms with Gasteiger partial charge in [-0.1, -0.05) is 50.5 Å². The van der Waals surface area contributed by atoms with Crippen LogP contribution in [0.15, 0.2) is 48.5 Å². The Kier molecular flexibility index (Phi) is 6.05. The van der Waals surface area contributed by atoms with Crippen molar-refractivity contribution in [2.45, 2.75) is 32.6 Å². The summed E-state index contributed by atoms with van der Waals surface area (Å²) >= 11 is 0. The van der Waals surface area contributed by atoms with Crippen molar-refractivity contribution in [1.29, 1.82) is 5.26 Å². The molecule has 26 heavy (non-hydrogen) atoms. The SMILES string of the molecule is CCCCCCOc1ccc(/C=C(\C#N)c2nc3ccccc3[nH]2)cc1. The topological polar surface area (TPSA) is 61.7 Å². The Labute approximate surface area is 154 Å².